The molecule has 2 nitrogen and oxygen atoms in total. The highest BCUT2D eigenvalue weighted by Crippen LogP contribution is 2.59. The molecular formula is C27H44O2. The Morgan fingerprint density at radius 2 is 1.90 bits per heavy atom. The van der Waals surface area contributed by atoms with Gasteiger partial charge in [0.15, 0.2) is 0 Å². The summed E-state index contributed by atoms with van der Waals surface area (Å²) in [4.78, 5) is 0. The number of aliphatic hydroxyl groups is 2. The van der Waals surface area contributed by atoms with Crippen LogP contribution in [-0.2, 0) is 0 Å². The average molecular weight is 401 g/mol. The molecule has 0 saturated heterocycles. The second kappa shape index (κ2) is 9.52. The topological polar surface area (TPSA) is 40.5 Å². The first-order valence-corrected chi connectivity index (χ1v) is 12.2. The third-order valence-electron chi connectivity index (χ3n) is 8.43. The van der Waals surface area contributed by atoms with E-state index in [1.54, 1.807) is 5.57 Å². The van der Waals surface area contributed by atoms with Gasteiger partial charge in [-0.1, -0.05) is 71.3 Å². The number of aliphatic hydroxyl groups excluding tert-OH is 2. The van der Waals surface area contributed by atoms with Gasteiger partial charge in [-0.05, 0) is 78.8 Å². The van der Waals surface area contributed by atoms with E-state index in [0.717, 1.165) is 28.9 Å². The Kier molecular flexibility index (Phi) is 7.49. The summed E-state index contributed by atoms with van der Waals surface area (Å²) in [6.07, 6.45) is 15.2. The second-order valence-electron chi connectivity index (χ2n) is 11.0. The predicted octanol–water partition coefficient (Wildman–Crippen LogP) is 6.59. The van der Waals surface area contributed by atoms with Crippen LogP contribution in [-0.4, -0.2) is 22.4 Å². The number of allylic oxidation sites excluding steroid dienone is 3. The van der Waals surface area contributed by atoms with Gasteiger partial charge in [-0.3, -0.25) is 0 Å². The lowest BCUT2D eigenvalue weighted by atomic mass is 9.60. The molecule has 3 aliphatic rings. The summed E-state index contributed by atoms with van der Waals surface area (Å²) >= 11 is 0. The summed E-state index contributed by atoms with van der Waals surface area (Å²) in [5, 5.41) is 20.2. The van der Waals surface area contributed by atoms with E-state index in [9.17, 15) is 10.2 Å². The smallest absolute Gasteiger partial charge is 0.0811 e. The summed E-state index contributed by atoms with van der Waals surface area (Å²) in [6.45, 7) is 13.8. The van der Waals surface area contributed by atoms with Gasteiger partial charge in [-0.2, -0.15) is 0 Å². The zero-order valence-corrected chi connectivity index (χ0v) is 19.3. The summed E-state index contributed by atoms with van der Waals surface area (Å²) in [5.41, 5.74) is 3.88. The SMILES string of the molecule is C=C1/C(=C\C=C2CCC[C@]3(C)[C@@H]([C@H](C)CCCC(C)C)CC[C@@H]23)C[C@@H](O)C[C@H]1O. The Morgan fingerprint density at radius 1 is 1.14 bits per heavy atom. The van der Waals surface area contributed by atoms with E-state index < -0.39 is 12.2 Å². The van der Waals surface area contributed by atoms with Crippen molar-refractivity contribution in [1.29, 1.82) is 0 Å². The number of fused-ring (bicyclic) bond motifs is 1. The van der Waals surface area contributed by atoms with Gasteiger partial charge in [0.1, 0.15) is 0 Å². The predicted molar refractivity (Wildman–Crippen MR) is 123 cm³/mol. The van der Waals surface area contributed by atoms with Gasteiger partial charge < -0.3 is 10.2 Å². The third kappa shape index (κ3) is 5.07. The van der Waals surface area contributed by atoms with E-state index in [1.165, 1.54) is 51.4 Å². The number of hydrogen-bond donors (Lipinski definition) is 2. The van der Waals surface area contributed by atoms with E-state index in [2.05, 4.69) is 46.4 Å². The van der Waals surface area contributed by atoms with Gasteiger partial charge in [-0.15, -0.1) is 0 Å². The van der Waals surface area contributed by atoms with Crippen LogP contribution >= 0.6 is 0 Å². The molecule has 0 aromatic carbocycles. The van der Waals surface area contributed by atoms with Crippen molar-refractivity contribution in [3.63, 3.8) is 0 Å². The molecule has 3 fully saturated rings. The van der Waals surface area contributed by atoms with Gasteiger partial charge in [0.2, 0.25) is 0 Å². The maximum Gasteiger partial charge on any atom is 0.0811 e. The first-order chi connectivity index (χ1) is 13.7. The molecule has 2 N–H and O–H groups in total. The van der Waals surface area contributed by atoms with Crippen LogP contribution in [0.3, 0.4) is 0 Å². The Morgan fingerprint density at radius 3 is 2.62 bits per heavy atom. The van der Waals surface area contributed by atoms with Crippen LogP contribution in [0.4, 0.5) is 0 Å². The highest BCUT2D eigenvalue weighted by Gasteiger charge is 2.50. The van der Waals surface area contributed by atoms with Crippen molar-refractivity contribution in [3.8, 4) is 0 Å². The molecule has 0 radical (unpaired) electrons. The molecule has 0 aromatic heterocycles. The minimum atomic E-state index is -0.595. The summed E-state index contributed by atoms with van der Waals surface area (Å²) < 4.78 is 0. The molecule has 3 rings (SSSR count). The molecule has 6 atom stereocenters. The molecule has 0 aromatic rings. The standard InChI is InChI=1S/C27H44O2/c1-18(2)8-6-9-19(3)24-13-14-25-21(10-7-15-27(24,25)5)11-12-22-16-23(28)17-26(29)20(22)4/h11-12,18-19,23-26,28-29H,4,6-10,13-17H2,1-3,5H3/b21-11?,22-12-/t19-,23-,24-,25+,26-,27-/m1/s1. The zero-order valence-electron chi connectivity index (χ0n) is 19.3. The molecular weight excluding hydrogens is 356 g/mol. The van der Waals surface area contributed by atoms with Crippen molar-refractivity contribution < 1.29 is 10.2 Å². The fourth-order valence-electron chi connectivity index (χ4n) is 6.73. The van der Waals surface area contributed by atoms with E-state index in [4.69, 9.17) is 0 Å². The van der Waals surface area contributed by atoms with Crippen LogP contribution in [0.5, 0.6) is 0 Å². The fraction of sp³-hybridized carbons (Fsp3) is 0.778. The highest BCUT2D eigenvalue weighted by molar-refractivity contribution is 5.38. The van der Waals surface area contributed by atoms with Crippen molar-refractivity contribution in [1.82, 2.24) is 0 Å². The second-order valence-corrected chi connectivity index (χ2v) is 11.0. The maximum absolute atomic E-state index is 10.1. The molecule has 0 unspecified atom stereocenters. The Hall–Kier alpha value is -0.860. The average Bonchev–Trinajstić information content (AvgIpc) is 3.00. The van der Waals surface area contributed by atoms with Gasteiger partial charge >= 0.3 is 0 Å². The lowest BCUT2D eigenvalue weighted by molar-refractivity contribution is 0.0861. The number of rotatable bonds is 6. The largest absolute Gasteiger partial charge is 0.393 e. The fourth-order valence-corrected chi connectivity index (χ4v) is 6.73. The van der Waals surface area contributed by atoms with Crippen LogP contribution < -0.4 is 0 Å². The molecule has 3 saturated carbocycles. The molecule has 3 aliphatic carbocycles. The first kappa shape index (κ1) is 22.8. The van der Waals surface area contributed by atoms with Gasteiger partial charge in [-0.25, -0.2) is 0 Å². The molecule has 0 heterocycles. The van der Waals surface area contributed by atoms with Crippen molar-refractivity contribution in [2.75, 3.05) is 0 Å². The minimum Gasteiger partial charge on any atom is -0.393 e. The molecule has 0 amide bonds. The van der Waals surface area contributed by atoms with Crippen LogP contribution in [0.1, 0.15) is 91.9 Å². The van der Waals surface area contributed by atoms with Crippen molar-refractivity contribution in [3.05, 3.63) is 35.5 Å². The van der Waals surface area contributed by atoms with Crippen LogP contribution in [0, 0.1) is 29.1 Å². The van der Waals surface area contributed by atoms with E-state index in [0.29, 0.717) is 24.2 Å². The minimum absolute atomic E-state index is 0.420. The molecule has 0 bridgehead atoms. The lowest BCUT2D eigenvalue weighted by Gasteiger charge is -2.44. The van der Waals surface area contributed by atoms with Crippen LogP contribution in [0.2, 0.25) is 0 Å². The van der Waals surface area contributed by atoms with E-state index >= 15 is 0 Å². The van der Waals surface area contributed by atoms with E-state index in [1.807, 2.05) is 0 Å². The lowest BCUT2D eigenvalue weighted by Crippen LogP contribution is -2.36. The summed E-state index contributed by atoms with van der Waals surface area (Å²) in [7, 11) is 0. The van der Waals surface area contributed by atoms with Crippen molar-refractivity contribution in [2.45, 2.75) is 104 Å². The van der Waals surface area contributed by atoms with Crippen LogP contribution in [0.15, 0.2) is 35.5 Å². The molecule has 29 heavy (non-hydrogen) atoms. The monoisotopic (exact) mass is 400 g/mol. The molecule has 0 aliphatic heterocycles. The first-order valence-electron chi connectivity index (χ1n) is 12.2. The highest BCUT2D eigenvalue weighted by atomic mass is 16.3. The van der Waals surface area contributed by atoms with Gasteiger partial charge in [0.05, 0.1) is 12.2 Å². The van der Waals surface area contributed by atoms with Crippen molar-refractivity contribution >= 4 is 0 Å². The molecule has 0 spiro atoms. The zero-order chi connectivity index (χ0) is 21.2. The maximum atomic E-state index is 10.1. The third-order valence-corrected chi connectivity index (χ3v) is 8.43. The van der Waals surface area contributed by atoms with Crippen LogP contribution in [0.25, 0.3) is 0 Å². The molecule has 2 heteroatoms. The molecule has 164 valence electrons. The quantitative estimate of drug-likeness (QED) is 0.528. The van der Waals surface area contributed by atoms with E-state index in [-0.39, 0.29) is 0 Å². The Labute approximate surface area is 179 Å². The number of hydrogen-bond acceptors (Lipinski definition) is 2. The Bertz CT molecular complexity index is 643. The summed E-state index contributed by atoms with van der Waals surface area (Å²) in [5.74, 6) is 3.20. The normalized spacial score (nSPS) is 39.3. The van der Waals surface area contributed by atoms with Crippen molar-refractivity contribution in [2.24, 2.45) is 29.1 Å². The van der Waals surface area contributed by atoms with Gasteiger partial charge in [0.25, 0.3) is 0 Å². The Balaban J connectivity index is 1.71. The van der Waals surface area contributed by atoms with Gasteiger partial charge in [0, 0.05) is 6.42 Å². The summed E-state index contributed by atoms with van der Waals surface area (Å²) in [6, 6.07) is 0.